The van der Waals surface area contributed by atoms with Gasteiger partial charge in [-0.15, -0.1) is 0 Å². The van der Waals surface area contributed by atoms with E-state index in [0.29, 0.717) is 31.6 Å². The van der Waals surface area contributed by atoms with Crippen LogP contribution < -0.4 is 4.90 Å². The maximum absolute atomic E-state index is 14.6. The van der Waals surface area contributed by atoms with E-state index in [1.165, 1.54) is 11.0 Å². The summed E-state index contributed by atoms with van der Waals surface area (Å²) in [5, 5.41) is 0. The van der Waals surface area contributed by atoms with Crippen LogP contribution in [-0.4, -0.2) is 47.5 Å². The summed E-state index contributed by atoms with van der Waals surface area (Å²) >= 11 is 0. The standard InChI is InChI=1S/C20H22F3N3O/c1-14-5-8-25(11-14)18-16(21)3-2-4-17(18)24-9-6-15(7-10-24)19(27)26-12-20(22,23)13-26/h2-5,8,11,15H,6-7,9-10,12-13H2,1H3. The molecule has 0 atom stereocenters. The average molecular weight is 377 g/mol. The molecule has 1 amide bonds. The number of hydrogen-bond donors (Lipinski definition) is 0. The van der Waals surface area contributed by atoms with E-state index in [1.807, 2.05) is 31.5 Å². The molecule has 0 N–H and O–H groups in total. The molecule has 144 valence electrons. The summed E-state index contributed by atoms with van der Waals surface area (Å²) < 4.78 is 42.3. The van der Waals surface area contributed by atoms with Gasteiger partial charge in [0.15, 0.2) is 0 Å². The van der Waals surface area contributed by atoms with Gasteiger partial charge in [-0.3, -0.25) is 4.79 Å². The second-order valence-corrected chi connectivity index (χ2v) is 7.52. The molecule has 2 saturated heterocycles. The Morgan fingerprint density at radius 1 is 1.15 bits per heavy atom. The summed E-state index contributed by atoms with van der Waals surface area (Å²) in [5.41, 5.74) is 2.32. The van der Waals surface area contributed by atoms with Crippen LogP contribution in [0.3, 0.4) is 0 Å². The highest BCUT2D eigenvalue weighted by Gasteiger charge is 2.47. The number of alkyl halides is 2. The average Bonchev–Trinajstić information content (AvgIpc) is 3.05. The number of nitrogens with zero attached hydrogens (tertiary/aromatic N) is 3. The van der Waals surface area contributed by atoms with Gasteiger partial charge in [-0.05, 0) is 43.5 Å². The number of benzene rings is 1. The number of likely N-dealkylation sites (tertiary alicyclic amines) is 1. The highest BCUT2D eigenvalue weighted by Crippen LogP contribution is 2.34. The quantitative estimate of drug-likeness (QED) is 0.817. The zero-order valence-corrected chi connectivity index (χ0v) is 15.2. The first-order chi connectivity index (χ1) is 12.8. The van der Waals surface area contributed by atoms with E-state index in [2.05, 4.69) is 4.90 Å². The van der Waals surface area contributed by atoms with Crippen molar-refractivity contribution >= 4 is 11.6 Å². The molecule has 4 rings (SSSR count). The zero-order chi connectivity index (χ0) is 19.2. The molecule has 2 aliphatic heterocycles. The Kier molecular flexibility index (Phi) is 4.40. The van der Waals surface area contributed by atoms with Crippen LogP contribution >= 0.6 is 0 Å². The van der Waals surface area contributed by atoms with E-state index in [9.17, 15) is 18.0 Å². The molecular formula is C20H22F3N3O. The van der Waals surface area contributed by atoms with Crippen LogP contribution in [0.1, 0.15) is 18.4 Å². The van der Waals surface area contributed by atoms with Crippen molar-refractivity contribution in [1.82, 2.24) is 9.47 Å². The fourth-order valence-electron chi connectivity index (χ4n) is 3.95. The van der Waals surface area contributed by atoms with E-state index < -0.39 is 19.0 Å². The Balaban J connectivity index is 1.47. The topological polar surface area (TPSA) is 28.5 Å². The largest absolute Gasteiger partial charge is 0.370 e. The molecule has 1 aromatic heterocycles. The van der Waals surface area contributed by atoms with Crippen molar-refractivity contribution in [3.05, 3.63) is 48.0 Å². The van der Waals surface area contributed by atoms with Crippen LogP contribution in [0, 0.1) is 18.7 Å². The van der Waals surface area contributed by atoms with Gasteiger partial charge in [0.05, 0.1) is 18.8 Å². The second kappa shape index (κ2) is 6.62. The molecule has 0 radical (unpaired) electrons. The molecule has 7 heteroatoms. The lowest BCUT2D eigenvalue weighted by Gasteiger charge is -2.42. The van der Waals surface area contributed by atoms with Crippen LogP contribution in [0.4, 0.5) is 18.9 Å². The Bertz CT molecular complexity index is 848. The van der Waals surface area contributed by atoms with Gasteiger partial charge in [-0.25, -0.2) is 13.2 Å². The Morgan fingerprint density at radius 2 is 1.85 bits per heavy atom. The summed E-state index contributed by atoms with van der Waals surface area (Å²) in [6.45, 7) is 2.21. The fourth-order valence-corrected chi connectivity index (χ4v) is 3.95. The van der Waals surface area contributed by atoms with Crippen LogP contribution in [0.2, 0.25) is 0 Å². The minimum atomic E-state index is -2.73. The molecule has 0 bridgehead atoms. The Hall–Kier alpha value is -2.44. The van der Waals surface area contributed by atoms with Crippen molar-refractivity contribution in [2.24, 2.45) is 5.92 Å². The third-order valence-electron chi connectivity index (χ3n) is 5.41. The smallest absolute Gasteiger partial charge is 0.282 e. The summed E-state index contributed by atoms with van der Waals surface area (Å²) in [7, 11) is 0. The van der Waals surface area contributed by atoms with E-state index >= 15 is 0 Å². The van der Waals surface area contributed by atoms with Crippen molar-refractivity contribution in [3.8, 4) is 5.69 Å². The van der Waals surface area contributed by atoms with Crippen molar-refractivity contribution in [2.45, 2.75) is 25.7 Å². The first-order valence-electron chi connectivity index (χ1n) is 9.19. The third-order valence-corrected chi connectivity index (χ3v) is 5.41. The number of piperidine rings is 1. The van der Waals surface area contributed by atoms with E-state index in [0.717, 1.165) is 11.3 Å². The number of hydrogen-bond acceptors (Lipinski definition) is 2. The van der Waals surface area contributed by atoms with E-state index in [1.54, 1.807) is 10.6 Å². The Labute approximate surface area is 156 Å². The van der Waals surface area contributed by atoms with Crippen molar-refractivity contribution in [1.29, 1.82) is 0 Å². The van der Waals surface area contributed by atoms with Gasteiger partial charge in [-0.2, -0.15) is 0 Å². The minimum absolute atomic E-state index is 0.180. The SMILES string of the molecule is Cc1ccn(-c2c(F)cccc2N2CCC(C(=O)N3CC(F)(F)C3)CC2)c1. The zero-order valence-electron chi connectivity index (χ0n) is 15.2. The number of carbonyl (C=O) groups is 1. The lowest BCUT2D eigenvalue weighted by atomic mass is 9.93. The van der Waals surface area contributed by atoms with Crippen molar-refractivity contribution in [2.75, 3.05) is 31.1 Å². The first kappa shape index (κ1) is 17.9. The lowest BCUT2D eigenvalue weighted by Crippen LogP contribution is -2.60. The van der Waals surface area contributed by atoms with Crippen LogP contribution in [-0.2, 0) is 4.79 Å². The van der Waals surface area contributed by atoms with Gasteiger partial charge in [0.2, 0.25) is 5.91 Å². The van der Waals surface area contributed by atoms with Gasteiger partial charge in [0.25, 0.3) is 5.92 Å². The predicted octanol–water partition coefficient (Wildman–Crippen LogP) is 3.62. The van der Waals surface area contributed by atoms with Gasteiger partial charge in [-0.1, -0.05) is 6.07 Å². The summed E-state index contributed by atoms with van der Waals surface area (Å²) in [6.07, 6.45) is 4.88. The number of rotatable bonds is 3. The normalized spacial score (nSPS) is 19.9. The minimum Gasteiger partial charge on any atom is -0.370 e. The summed E-state index contributed by atoms with van der Waals surface area (Å²) in [5.74, 6) is -3.45. The van der Waals surface area contributed by atoms with Crippen molar-refractivity contribution < 1.29 is 18.0 Å². The number of anilines is 1. The van der Waals surface area contributed by atoms with Gasteiger partial charge in [0, 0.05) is 31.4 Å². The second-order valence-electron chi connectivity index (χ2n) is 7.52. The van der Waals surface area contributed by atoms with Crippen LogP contribution in [0.25, 0.3) is 5.69 Å². The third kappa shape index (κ3) is 3.42. The predicted molar refractivity (Wildman–Crippen MR) is 96.9 cm³/mol. The molecule has 0 aliphatic carbocycles. The number of para-hydroxylation sites is 1. The molecule has 2 fully saturated rings. The van der Waals surface area contributed by atoms with E-state index in [4.69, 9.17) is 0 Å². The van der Waals surface area contributed by atoms with E-state index in [-0.39, 0.29) is 17.6 Å². The lowest BCUT2D eigenvalue weighted by molar-refractivity contribution is -0.170. The summed E-state index contributed by atoms with van der Waals surface area (Å²) in [6, 6.07) is 6.92. The summed E-state index contributed by atoms with van der Waals surface area (Å²) in [4.78, 5) is 15.7. The number of carbonyl (C=O) groups excluding carboxylic acids is 1. The van der Waals surface area contributed by atoms with Gasteiger partial charge in [0.1, 0.15) is 11.5 Å². The molecular weight excluding hydrogens is 355 g/mol. The number of aryl methyl sites for hydroxylation is 1. The van der Waals surface area contributed by atoms with Crippen molar-refractivity contribution in [3.63, 3.8) is 0 Å². The fraction of sp³-hybridized carbons (Fsp3) is 0.450. The van der Waals surface area contributed by atoms with Gasteiger partial charge >= 0.3 is 0 Å². The molecule has 4 nitrogen and oxygen atoms in total. The number of halogens is 3. The number of aromatic nitrogens is 1. The van der Waals surface area contributed by atoms with Crippen LogP contribution in [0.15, 0.2) is 36.7 Å². The Morgan fingerprint density at radius 3 is 2.44 bits per heavy atom. The monoisotopic (exact) mass is 377 g/mol. The molecule has 1 aromatic carbocycles. The highest BCUT2D eigenvalue weighted by atomic mass is 19.3. The molecule has 0 saturated carbocycles. The first-order valence-corrected chi connectivity index (χ1v) is 9.19. The number of amides is 1. The molecule has 3 heterocycles. The highest BCUT2D eigenvalue weighted by molar-refractivity contribution is 5.80. The molecule has 0 spiro atoms. The molecule has 2 aromatic rings. The molecule has 27 heavy (non-hydrogen) atoms. The molecule has 0 unspecified atom stereocenters. The molecule has 2 aliphatic rings. The maximum Gasteiger partial charge on any atom is 0.282 e. The van der Waals surface area contributed by atoms with Crippen LogP contribution in [0.5, 0.6) is 0 Å². The maximum atomic E-state index is 14.6. The van der Waals surface area contributed by atoms with Gasteiger partial charge < -0.3 is 14.4 Å².